The highest BCUT2D eigenvalue weighted by atomic mass is 16.5. The van der Waals surface area contributed by atoms with Crippen molar-refractivity contribution in [2.45, 2.75) is 18.9 Å². The lowest BCUT2D eigenvalue weighted by Crippen LogP contribution is -2.41. The Balaban J connectivity index is 1.36. The second-order valence-electron chi connectivity index (χ2n) is 9.56. The molecule has 0 bridgehead atoms. The molecule has 0 spiro atoms. The van der Waals surface area contributed by atoms with E-state index in [1.165, 1.54) is 0 Å². The molecule has 198 valence electrons. The van der Waals surface area contributed by atoms with Gasteiger partial charge in [0.15, 0.2) is 0 Å². The summed E-state index contributed by atoms with van der Waals surface area (Å²) < 4.78 is 17.0. The zero-order valence-corrected chi connectivity index (χ0v) is 21.8. The summed E-state index contributed by atoms with van der Waals surface area (Å²) in [7, 11) is 1.67. The Hall–Kier alpha value is -3.81. The third-order valence-corrected chi connectivity index (χ3v) is 7.05. The van der Waals surface area contributed by atoms with E-state index >= 15 is 0 Å². The number of nitrogens with one attached hydrogen (secondary N) is 2. The van der Waals surface area contributed by atoms with Gasteiger partial charge in [-0.1, -0.05) is 42.5 Å². The van der Waals surface area contributed by atoms with Gasteiger partial charge in [-0.25, -0.2) is 0 Å². The number of H-pyrrole nitrogens is 1. The minimum absolute atomic E-state index is 0.0242. The lowest BCUT2D eigenvalue weighted by atomic mass is 9.87. The number of amides is 1. The number of rotatable bonds is 11. The van der Waals surface area contributed by atoms with Crippen molar-refractivity contribution in [3.05, 3.63) is 95.7 Å². The Morgan fingerprint density at radius 1 is 1.03 bits per heavy atom. The first kappa shape index (κ1) is 25.8. The van der Waals surface area contributed by atoms with Gasteiger partial charge in [-0.15, -0.1) is 0 Å². The lowest BCUT2D eigenvalue weighted by molar-refractivity contribution is -0.121. The summed E-state index contributed by atoms with van der Waals surface area (Å²) in [5.41, 5.74) is 4.21. The van der Waals surface area contributed by atoms with Crippen molar-refractivity contribution in [3.8, 4) is 11.5 Å². The van der Waals surface area contributed by atoms with Gasteiger partial charge in [0, 0.05) is 55.6 Å². The molecule has 5 rings (SSSR count). The molecule has 3 aromatic carbocycles. The standard InChI is InChI=1S/C31H35N3O4/c1-36-25-10-11-30-28(19-25)29(21-33-30)27(20-31(35)32-12-13-34-14-16-37-17-15-34)24-8-5-9-26(18-24)38-22-23-6-3-2-4-7-23/h2-11,18-19,21,27,33H,12-17,20,22H2,1H3,(H,32,35)/t27-/m1/s1. The Morgan fingerprint density at radius 3 is 2.68 bits per heavy atom. The molecule has 0 unspecified atom stereocenters. The molecule has 0 radical (unpaired) electrons. The molecular weight excluding hydrogens is 478 g/mol. The third kappa shape index (κ3) is 6.54. The fraction of sp³-hybridized carbons (Fsp3) is 0.323. The summed E-state index contributed by atoms with van der Waals surface area (Å²) in [5.74, 6) is 1.43. The van der Waals surface area contributed by atoms with E-state index in [-0.39, 0.29) is 11.8 Å². The monoisotopic (exact) mass is 513 g/mol. The van der Waals surface area contributed by atoms with Gasteiger partial charge < -0.3 is 24.5 Å². The van der Waals surface area contributed by atoms with Crippen LogP contribution in [0, 0.1) is 0 Å². The number of fused-ring (bicyclic) bond motifs is 1. The maximum absolute atomic E-state index is 13.2. The number of hydrogen-bond donors (Lipinski definition) is 2. The van der Waals surface area contributed by atoms with Crippen molar-refractivity contribution in [2.75, 3.05) is 46.5 Å². The molecule has 1 atom stereocenters. The largest absolute Gasteiger partial charge is 0.497 e. The summed E-state index contributed by atoms with van der Waals surface area (Å²) in [6.45, 7) is 5.25. The predicted octanol–water partition coefficient (Wildman–Crippen LogP) is 4.73. The highest BCUT2D eigenvalue weighted by Crippen LogP contribution is 2.36. The van der Waals surface area contributed by atoms with Crippen LogP contribution in [0.15, 0.2) is 79.0 Å². The highest BCUT2D eigenvalue weighted by molar-refractivity contribution is 5.87. The summed E-state index contributed by atoms with van der Waals surface area (Å²) >= 11 is 0. The van der Waals surface area contributed by atoms with E-state index in [4.69, 9.17) is 14.2 Å². The van der Waals surface area contributed by atoms with Crippen LogP contribution in [0.25, 0.3) is 10.9 Å². The summed E-state index contributed by atoms with van der Waals surface area (Å²) in [6.07, 6.45) is 2.34. The van der Waals surface area contributed by atoms with Crippen molar-refractivity contribution in [1.82, 2.24) is 15.2 Å². The number of aromatic nitrogens is 1. The van der Waals surface area contributed by atoms with Gasteiger partial charge in [-0.2, -0.15) is 0 Å². The van der Waals surface area contributed by atoms with Crippen LogP contribution in [0.2, 0.25) is 0 Å². The number of morpholine rings is 1. The quantitative estimate of drug-likeness (QED) is 0.303. The molecule has 0 aliphatic carbocycles. The van der Waals surface area contributed by atoms with E-state index in [2.05, 4.69) is 21.3 Å². The van der Waals surface area contributed by atoms with Gasteiger partial charge >= 0.3 is 0 Å². The molecule has 38 heavy (non-hydrogen) atoms. The third-order valence-electron chi connectivity index (χ3n) is 7.05. The van der Waals surface area contributed by atoms with Gasteiger partial charge in [0.2, 0.25) is 5.91 Å². The molecule has 7 heteroatoms. The van der Waals surface area contributed by atoms with Gasteiger partial charge in [0.05, 0.1) is 20.3 Å². The van der Waals surface area contributed by atoms with Crippen LogP contribution in [-0.2, 0) is 16.1 Å². The van der Waals surface area contributed by atoms with Gasteiger partial charge in [0.25, 0.3) is 0 Å². The van der Waals surface area contributed by atoms with E-state index in [9.17, 15) is 4.79 Å². The van der Waals surface area contributed by atoms with Gasteiger partial charge in [-0.3, -0.25) is 9.69 Å². The van der Waals surface area contributed by atoms with E-state index < -0.39 is 0 Å². The minimum atomic E-state index is -0.153. The molecule has 0 saturated carbocycles. The topological polar surface area (TPSA) is 75.8 Å². The van der Waals surface area contributed by atoms with Gasteiger partial charge in [0.1, 0.15) is 18.1 Å². The Bertz CT molecular complexity index is 1330. The van der Waals surface area contributed by atoms with Crippen molar-refractivity contribution in [1.29, 1.82) is 0 Å². The first-order valence-electron chi connectivity index (χ1n) is 13.2. The van der Waals surface area contributed by atoms with Crippen LogP contribution in [-0.4, -0.2) is 62.3 Å². The fourth-order valence-electron chi connectivity index (χ4n) is 4.94. The molecule has 1 saturated heterocycles. The van der Waals surface area contributed by atoms with Crippen molar-refractivity contribution in [3.63, 3.8) is 0 Å². The normalized spacial score (nSPS) is 14.8. The molecule has 2 heterocycles. The number of hydrogen-bond acceptors (Lipinski definition) is 5. The number of aromatic amines is 1. The minimum Gasteiger partial charge on any atom is -0.497 e. The summed E-state index contributed by atoms with van der Waals surface area (Å²) in [5, 5.41) is 4.18. The van der Waals surface area contributed by atoms with E-state index in [0.717, 1.165) is 71.9 Å². The van der Waals surface area contributed by atoms with Crippen molar-refractivity contribution in [2.24, 2.45) is 0 Å². The molecule has 1 amide bonds. The van der Waals surface area contributed by atoms with E-state index in [1.807, 2.05) is 72.9 Å². The van der Waals surface area contributed by atoms with Crippen LogP contribution in [0.1, 0.15) is 29.0 Å². The number of ether oxygens (including phenoxy) is 3. The average Bonchev–Trinajstić information content (AvgIpc) is 3.39. The molecular formula is C31H35N3O4. The molecule has 1 aliphatic heterocycles. The first-order chi connectivity index (χ1) is 18.7. The van der Waals surface area contributed by atoms with Crippen LogP contribution in [0.3, 0.4) is 0 Å². The maximum atomic E-state index is 13.2. The smallest absolute Gasteiger partial charge is 0.220 e. The zero-order valence-electron chi connectivity index (χ0n) is 21.8. The Labute approximate surface area is 223 Å². The second-order valence-corrected chi connectivity index (χ2v) is 9.56. The summed E-state index contributed by atoms with van der Waals surface area (Å²) in [4.78, 5) is 18.9. The highest BCUT2D eigenvalue weighted by Gasteiger charge is 2.23. The fourth-order valence-corrected chi connectivity index (χ4v) is 4.94. The molecule has 7 nitrogen and oxygen atoms in total. The van der Waals surface area contributed by atoms with Gasteiger partial charge in [-0.05, 0) is 47.0 Å². The van der Waals surface area contributed by atoms with E-state index in [0.29, 0.717) is 19.6 Å². The van der Waals surface area contributed by atoms with E-state index in [1.54, 1.807) is 7.11 Å². The Morgan fingerprint density at radius 2 is 1.87 bits per heavy atom. The second kappa shape index (κ2) is 12.6. The first-order valence-corrected chi connectivity index (χ1v) is 13.2. The van der Waals surface area contributed by atoms with Crippen LogP contribution >= 0.6 is 0 Å². The lowest BCUT2D eigenvalue weighted by Gasteiger charge is -2.26. The van der Waals surface area contributed by atoms with Crippen LogP contribution < -0.4 is 14.8 Å². The molecule has 2 N–H and O–H groups in total. The number of carbonyl (C=O) groups is 1. The Kier molecular flexibility index (Phi) is 8.58. The summed E-state index contributed by atoms with van der Waals surface area (Å²) in [6, 6.07) is 24.2. The molecule has 4 aromatic rings. The van der Waals surface area contributed by atoms with Crippen LogP contribution in [0.5, 0.6) is 11.5 Å². The molecule has 1 aliphatic rings. The van der Waals surface area contributed by atoms with Crippen molar-refractivity contribution < 1.29 is 19.0 Å². The number of nitrogens with zero attached hydrogens (tertiary/aromatic N) is 1. The number of methoxy groups -OCH3 is 1. The molecule has 1 fully saturated rings. The molecule has 1 aromatic heterocycles. The van der Waals surface area contributed by atoms with Crippen LogP contribution in [0.4, 0.5) is 0 Å². The number of carbonyl (C=O) groups excluding carboxylic acids is 1. The predicted molar refractivity (Wildman–Crippen MR) is 149 cm³/mol. The number of benzene rings is 3. The van der Waals surface area contributed by atoms with Crippen molar-refractivity contribution >= 4 is 16.8 Å². The SMILES string of the molecule is COc1ccc2[nH]cc([C@H](CC(=O)NCCN3CCOCC3)c3cccc(OCc4ccccc4)c3)c2c1. The maximum Gasteiger partial charge on any atom is 0.220 e. The zero-order chi connectivity index (χ0) is 26.2. The average molecular weight is 514 g/mol.